The number of non-ortho nitro benzene ring substituents is 1. The lowest BCUT2D eigenvalue weighted by Gasteiger charge is -2.07. The van der Waals surface area contributed by atoms with Crippen LogP contribution in [0.3, 0.4) is 0 Å². The molecule has 0 unspecified atom stereocenters. The molecule has 1 aromatic carbocycles. The van der Waals surface area contributed by atoms with Crippen molar-refractivity contribution in [3.05, 3.63) is 45.8 Å². The van der Waals surface area contributed by atoms with Gasteiger partial charge in [-0.25, -0.2) is 4.68 Å². The number of nitrogens with one attached hydrogen (secondary N) is 1. The second-order valence-corrected chi connectivity index (χ2v) is 4.08. The van der Waals surface area contributed by atoms with Crippen LogP contribution in [0.5, 0.6) is 0 Å². The first-order valence-electron chi connectivity index (χ1n) is 5.52. The van der Waals surface area contributed by atoms with Gasteiger partial charge in [0, 0.05) is 30.6 Å². The number of rotatable bonds is 3. The molecule has 6 nitrogen and oxygen atoms in total. The molecule has 0 radical (unpaired) electrons. The fourth-order valence-corrected chi connectivity index (χ4v) is 1.86. The quantitative estimate of drug-likeness (QED) is 0.666. The maximum absolute atomic E-state index is 10.9. The van der Waals surface area contributed by atoms with Crippen molar-refractivity contribution in [3.8, 4) is 5.69 Å². The van der Waals surface area contributed by atoms with E-state index < -0.39 is 4.92 Å². The molecule has 0 saturated carbocycles. The van der Waals surface area contributed by atoms with Gasteiger partial charge in [0.05, 0.1) is 16.3 Å². The zero-order chi connectivity index (χ0) is 13.3. The highest BCUT2D eigenvalue weighted by Gasteiger charge is 2.12. The minimum absolute atomic E-state index is 0.0457. The molecule has 0 amide bonds. The van der Waals surface area contributed by atoms with Gasteiger partial charge in [0.25, 0.3) is 5.69 Å². The Bertz CT molecular complexity index is 604. The highest BCUT2D eigenvalue weighted by atomic mass is 16.6. The number of nitrogens with zero attached hydrogens (tertiary/aromatic N) is 3. The Labute approximate surface area is 104 Å². The predicted octanol–water partition coefficient (Wildman–Crippen LogP) is 2.44. The maximum atomic E-state index is 10.9. The Hall–Kier alpha value is -2.37. The number of nitro benzene ring substituents is 1. The summed E-state index contributed by atoms with van der Waals surface area (Å²) in [5.41, 5.74) is 3.23. The Kier molecular flexibility index (Phi) is 3.01. The van der Waals surface area contributed by atoms with Crippen molar-refractivity contribution in [1.29, 1.82) is 0 Å². The highest BCUT2D eigenvalue weighted by molar-refractivity contribution is 5.58. The number of aromatic nitrogens is 2. The lowest BCUT2D eigenvalue weighted by Crippen LogP contribution is -2.02. The SMILES string of the molecule is CNc1cc(-n2nc(C)cc2C)cc([N+](=O)[O-])c1. The first kappa shape index (κ1) is 12.1. The third-order valence-corrected chi connectivity index (χ3v) is 2.66. The van der Waals surface area contributed by atoms with Gasteiger partial charge in [0.15, 0.2) is 0 Å². The van der Waals surface area contributed by atoms with Crippen LogP contribution in [0, 0.1) is 24.0 Å². The Balaban J connectivity index is 2.60. The van der Waals surface area contributed by atoms with E-state index in [1.807, 2.05) is 26.0 Å². The van der Waals surface area contributed by atoms with Crippen LogP contribution >= 0.6 is 0 Å². The number of nitro groups is 1. The molecule has 0 aliphatic carbocycles. The van der Waals surface area contributed by atoms with Crippen molar-refractivity contribution in [2.24, 2.45) is 0 Å². The van der Waals surface area contributed by atoms with E-state index in [0.717, 1.165) is 11.4 Å². The number of aryl methyl sites for hydroxylation is 2. The molecule has 0 bridgehead atoms. The first-order chi connectivity index (χ1) is 8.51. The fourth-order valence-electron chi connectivity index (χ4n) is 1.86. The summed E-state index contributed by atoms with van der Waals surface area (Å²) >= 11 is 0. The van der Waals surface area contributed by atoms with Gasteiger partial charge in [0.1, 0.15) is 0 Å². The summed E-state index contributed by atoms with van der Waals surface area (Å²) in [6.45, 7) is 3.80. The smallest absolute Gasteiger partial charge is 0.273 e. The largest absolute Gasteiger partial charge is 0.388 e. The molecule has 94 valence electrons. The Morgan fingerprint density at radius 3 is 2.50 bits per heavy atom. The first-order valence-corrected chi connectivity index (χ1v) is 5.52. The van der Waals surface area contributed by atoms with Crippen LogP contribution in [0.15, 0.2) is 24.3 Å². The fraction of sp³-hybridized carbons (Fsp3) is 0.250. The van der Waals surface area contributed by atoms with Gasteiger partial charge in [-0.1, -0.05) is 0 Å². The van der Waals surface area contributed by atoms with Crippen molar-refractivity contribution in [1.82, 2.24) is 9.78 Å². The normalized spacial score (nSPS) is 10.4. The van der Waals surface area contributed by atoms with E-state index in [0.29, 0.717) is 11.4 Å². The van der Waals surface area contributed by atoms with E-state index in [9.17, 15) is 10.1 Å². The average Bonchev–Trinajstić information content (AvgIpc) is 2.67. The summed E-state index contributed by atoms with van der Waals surface area (Å²) in [4.78, 5) is 10.5. The van der Waals surface area contributed by atoms with Crippen LogP contribution in [0.2, 0.25) is 0 Å². The number of hydrogen-bond donors (Lipinski definition) is 1. The van der Waals surface area contributed by atoms with E-state index in [2.05, 4.69) is 10.4 Å². The van der Waals surface area contributed by atoms with E-state index in [4.69, 9.17) is 0 Å². The van der Waals surface area contributed by atoms with E-state index >= 15 is 0 Å². The second-order valence-electron chi connectivity index (χ2n) is 4.08. The molecule has 0 atom stereocenters. The minimum atomic E-state index is -0.407. The van der Waals surface area contributed by atoms with Crippen molar-refractivity contribution in [2.45, 2.75) is 13.8 Å². The van der Waals surface area contributed by atoms with Gasteiger partial charge in [-0.05, 0) is 26.0 Å². The van der Waals surface area contributed by atoms with Gasteiger partial charge in [-0.15, -0.1) is 0 Å². The summed E-state index contributed by atoms with van der Waals surface area (Å²) in [5.74, 6) is 0. The maximum Gasteiger partial charge on any atom is 0.273 e. The van der Waals surface area contributed by atoms with Crippen molar-refractivity contribution < 1.29 is 4.92 Å². The standard InChI is InChI=1S/C12H14N4O2/c1-8-4-9(2)15(14-8)11-5-10(13-3)6-12(7-11)16(17)18/h4-7,13H,1-3H3. The number of benzene rings is 1. The van der Waals surface area contributed by atoms with Gasteiger partial charge in [0.2, 0.25) is 0 Å². The summed E-state index contributed by atoms with van der Waals surface area (Å²) < 4.78 is 1.70. The lowest BCUT2D eigenvalue weighted by molar-refractivity contribution is -0.384. The third kappa shape index (κ3) is 2.17. The molecular formula is C12H14N4O2. The van der Waals surface area contributed by atoms with Crippen LogP contribution < -0.4 is 5.32 Å². The van der Waals surface area contributed by atoms with Crippen LogP contribution in [0.25, 0.3) is 5.69 Å². The summed E-state index contributed by atoms with van der Waals surface area (Å²) in [5, 5.41) is 18.1. The minimum Gasteiger partial charge on any atom is -0.388 e. The third-order valence-electron chi connectivity index (χ3n) is 2.66. The van der Waals surface area contributed by atoms with Crippen LogP contribution in [0.4, 0.5) is 11.4 Å². The predicted molar refractivity (Wildman–Crippen MR) is 69.2 cm³/mol. The van der Waals surface area contributed by atoms with Crippen LogP contribution in [0.1, 0.15) is 11.4 Å². The monoisotopic (exact) mass is 246 g/mol. The molecule has 0 saturated heterocycles. The molecule has 6 heteroatoms. The van der Waals surface area contributed by atoms with E-state index in [1.165, 1.54) is 12.1 Å². The molecule has 18 heavy (non-hydrogen) atoms. The van der Waals surface area contributed by atoms with E-state index in [1.54, 1.807) is 11.7 Å². The lowest BCUT2D eigenvalue weighted by atomic mass is 10.2. The topological polar surface area (TPSA) is 73.0 Å². The molecule has 0 fully saturated rings. The van der Waals surface area contributed by atoms with Crippen molar-refractivity contribution in [3.63, 3.8) is 0 Å². The highest BCUT2D eigenvalue weighted by Crippen LogP contribution is 2.24. The summed E-state index contributed by atoms with van der Waals surface area (Å²) in [6.07, 6.45) is 0. The molecule has 2 aromatic rings. The molecule has 0 aliphatic heterocycles. The molecule has 0 spiro atoms. The van der Waals surface area contributed by atoms with Gasteiger partial charge < -0.3 is 5.32 Å². The Morgan fingerprint density at radius 1 is 1.28 bits per heavy atom. The molecular weight excluding hydrogens is 232 g/mol. The summed E-state index contributed by atoms with van der Waals surface area (Å²) in [7, 11) is 1.73. The number of anilines is 1. The molecule has 1 N–H and O–H groups in total. The average molecular weight is 246 g/mol. The van der Waals surface area contributed by atoms with Crippen molar-refractivity contribution >= 4 is 11.4 Å². The second kappa shape index (κ2) is 4.48. The van der Waals surface area contributed by atoms with Crippen LogP contribution in [-0.2, 0) is 0 Å². The number of hydrogen-bond acceptors (Lipinski definition) is 4. The van der Waals surface area contributed by atoms with E-state index in [-0.39, 0.29) is 5.69 Å². The molecule has 2 rings (SSSR count). The zero-order valence-corrected chi connectivity index (χ0v) is 10.5. The zero-order valence-electron chi connectivity index (χ0n) is 10.5. The van der Waals surface area contributed by atoms with Gasteiger partial charge in [-0.3, -0.25) is 10.1 Å². The van der Waals surface area contributed by atoms with Gasteiger partial charge in [-0.2, -0.15) is 5.10 Å². The molecule has 1 heterocycles. The molecule has 1 aromatic heterocycles. The Morgan fingerprint density at radius 2 is 2.00 bits per heavy atom. The molecule has 0 aliphatic rings. The van der Waals surface area contributed by atoms with Gasteiger partial charge >= 0.3 is 0 Å². The van der Waals surface area contributed by atoms with Crippen LogP contribution in [-0.4, -0.2) is 21.8 Å². The van der Waals surface area contributed by atoms with Crippen molar-refractivity contribution in [2.75, 3.05) is 12.4 Å². The summed E-state index contributed by atoms with van der Waals surface area (Å²) in [6, 6.07) is 6.76.